The Balaban J connectivity index is 1.26. The third kappa shape index (κ3) is 3.75. The van der Waals surface area contributed by atoms with Gasteiger partial charge in [-0.3, -0.25) is 0 Å². The van der Waals surface area contributed by atoms with Crippen molar-refractivity contribution in [1.29, 1.82) is 0 Å². The van der Waals surface area contributed by atoms with Gasteiger partial charge in [-0.25, -0.2) is 19.6 Å². The van der Waals surface area contributed by atoms with Crippen LogP contribution in [0, 0.1) is 0 Å². The summed E-state index contributed by atoms with van der Waals surface area (Å²) in [6.07, 6.45) is 3.35. The number of fused-ring (bicyclic) bond motifs is 1. The Morgan fingerprint density at radius 1 is 0.758 bits per heavy atom. The topological polar surface area (TPSA) is 68.5 Å². The average molecular weight is 447 g/mol. The molecular formula is C26H18N6S. The van der Waals surface area contributed by atoms with E-state index in [9.17, 15) is 0 Å². The van der Waals surface area contributed by atoms with Crippen LogP contribution in [0.25, 0.3) is 38.5 Å². The number of hydrogen-bond acceptors (Lipinski definition) is 6. The van der Waals surface area contributed by atoms with Crippen LogP contribution in [0.15, 0.2) is 103 Å². The molecular weight excluding hydrogens is 428 g/mol. The first-order valence-electron chi connectivity index (χ1n) is 10.5. The highest BCUT2D eigenvalue weighted by Gasteiger charge is 2.12. The van der Waals surface area contributed by atoms with Crippen molar-refractivity contribution in [2.24, 2.45) is 0 Å². The van der Waals surface area contributed by atoms with Crippen molar-refractivity contribution in [1.82, 2.24) is 24.7 Å². The molecule has 0 aliphatic rings. The Kier molecular flexibility index (Phi) is 4.86. The number of nitrogens with one attached hydrogen (secondary N) is 1. The predicted molar refractivity (Wildman–Crippen MR) is 133 cm³/mol. The highest BCUT2D eigenvalue weighted by atomic mass is 32.1. The summed E-state index contributed by atoms with van der Waals surface area (Å²) in [5.74, 6) is 0.718. The number of hydrogen-bond donors (Lipinski definition) is 1. The van der Waals surface area contributed by atoms with Gasteiger partial charge in [0.15, 0.2) is 5.65 Å². The Bertz CT molecular complexity index is 1520. The molecule has 0 saturated heterocycles. The second-order valence-corrected chi connectivity index (χ2v) is 8.32. The van der Waals surface area contributed by atoms with Gasteiger partial charge in [0.2, 0.25) is 0 Å². The minimum Gasteiger partial charge on any atom is -0.340 e. The van der Waals surface area contributed by atoms with Crippen molar-refractivity contribution >= 4 is 33.9 Å². The van der Waals surface area contributed by atoms with Crippen molar-refractivity contribution in [3.05, 3.63) is 103 Å². The zero-order chi connectivity index (χ0) is 22.0. The van der Waals surface area contributed by atoms with Gasteiger partial charge in [-0.1, -0.05) is 60.7 Å². The third-order valence-electron chi connectivity index (χ3n) is 5.33. The number of thiazole rings is 1. The molecule has 7 heteroatoms. The molecule has 0 bridgehead atoms. The van der Waals surface area contributed by atoms with Gasteiger partial charge in [-0.15, -0.1) is 11.3 Å². The molecule has 1 N–H and O–H groups in total. The van der Waals surface area contributed by atoms with E-state index < -0.39 is 0 Å². The van der Waals surface area contributed by atoms with Crippen LogP contribution in [-0.4, -0.2) is 24.7 Å². The molecule has 0 atom stereocenters. The monoisotopic (exact) mass is 446 g/mol. The molecule has 0 amide bonds. The third-order valence-corrected chi connectivity index (χ3v) is 6.23. The first-order valence-corrected chi connectivity index (χ1v) is 11.4. The predicted octanol–water partition coefficient (Wildman–Crippen LogP) is 6.35. The Morgan fingerprint density at radius 3 is 2.30 bits per heavy atom. The van der Waals surface area contributed by atoms with E-state index >= 15 is 0 Å². The van der Waals surface area contributed by atoms with E-state index in [0.29, 0.717) is 0 Å². The fourth-order valence-corrected chi connectivity index (χ4v) is 4.52. The smallest absolute Gasteiger partial charge is 0.168 e. The van der Waals surface area contributed by atoms with Gasteiger partial charge in [0, 0.05) is 22.2 Å². The SMILES string of the molecule is c1ccc(-c2nc(-c3ccc(Nc4ncnc5c4cnn5-c4ccccc4)cc3)cs2)cc1. The van der Waals surface area contributed by atoms with Crippen molar-refractivity contribution in [3.8, 4) is 27.5 Å². The van der Waals surface area contributed by atoms with Crippen LogP contribution < -0.4 is 5.32 Å². The van der Waals surface area contributed by atoms with Crippen LogP contribution in [0.2, 0.25) is 0 Å². The van der Waals surface area contributed by atoms with Gasteiger partial charge in [-0.2, -0.15) is 5.10 Å². The molecule has 0 aliphatic carbocycles. The molecule has 0 unspecified atom stereocenters. The maximum Gasteiger partial charge on any atom is 0.168 e. The van der Waals surface area contributed by atoms with Crippen LogP contribution in [0.4, 0.5) is 11.5 Å². The van der Waals surface area contributed by atoms with E-state index in [1.807, 2.05) is 65.3 Å². The minimum absolute atomic E-state index is 0.718. The quantitative estimate of drug-likeness (QED) is 0.334. The molecule has 0 spiro atoms. The van der Waals surface area contributed by atoms with Crippen molar-refractivity contribution < 1.29 is 0 Å². The summed E-state index contributed by atoms with van der Waals surface area (Å²) in [5, 5.41) is 11.9. The van der Waals surface area contributed by atoms with E-state index in [2.05, 4.69) is 50.0 Å². The first-order chi connectivity index (χ1) is 16.3. The summed E-state index contributed by atoms with van der Waals surface area (Å²) in [4.78, 5) is 13.7. The van der Waals surface area contributed by atoms with E-state index in [1.165, 1.54) is 0 Å². The Labute approximate surface area is 194 Å². The molecule has 6 rings (SSSR count). The summed E-state index contributed by atoms with van der Waals surface area (Å²) < 4.78 is 1.82. The van der Waals surface area contributed by atoms with Gasteiger partial charge in [0.1, 0.15) is 17.2 Å². The van der Waals surface area contributed by atoms with E-state index in [4.69, 9.17) is 4.98 Å². The molecule has 6 nitrogen and oxygen atoms in total. The summed E-state index contributed by atoms with van der Waals surface area (Å²) in [6.45, 7) is 0. The number of anilines is 2. The molecule has 6 aromatic rings. The van der Waals surface area contributed by atoms with E-state index in [-0.39, 0.29) is 0 Å². The van der Waals surface area contributed by atoms with Gasteiger partial charge < -0.3 is 5.32 Å². The fourth-order valence-electron chi connectivity index (χ4n) is 3.68. The lowest BCUT2D eigenvalue weighted by atomic mass is 10.1. The molecule has 3 aromatic carbocycles. The van der Waals surface area contributed by atoms with Crippen LogP contribution in [0.5, 0.6) is 0 Å². The lowest BCUT2D eigenvalue weighted by molar-refractivity contribution is 0.895. The summed E-state index contributed by atoms with van der Waals surface area (Å²) >= 11 is 1.65. The first kappa shape index (κ1) is 19.3. The minimum atomic E-state index is 0.718. The number of rotatable bonds is 5. The van der Waals surface area contributed by atoms with Crippen molar-refractivity contribution in [3.63, 3.8) is 0 Å². The molecule has 3 aromatic heterocycles. The highest BCUT2D eigenvalue weighted by molar-refractivity contribution is 7.13. The lowest BCUT2D eigenvalue weighted by Crippen LogP contribution is -1.99. The van der Waals surface area contributed by atoms with Gasteiger partial charge >= 0.3 is 0 Å². The maximum atomic E-state index is 4.80. The van der Waals surface area contributed by atoms with Crippen LogP contribution >= 0.6 is 11.3 Å². The largest absolute Gasteiger partial charge is 0.340 e. The van der Waals surface area contributed by atoms with Crippen molar-refractivity contribution in [2.45, 2.75) is 0 Å². The standard InChI is InChI=1S/C26H18N6S/c1-3-7-19(8-4-1)26-31-23(16-33-26)18-11-13-20(14-12-18)30-24-22-15-29-32(25(22)28-17-27-24)21-9-5-2-6-10-21/h1-17H,(H,27,28,30). The highest BCUT2D eigenvalue weighted by Crippen LogP contribution is 2.30. The van der Waals surface area contributed by atoms with Gasteiger partial charge in [0.25, 0.3) is 0 Å². The number of para-hydroxylation sites is 1. The molecule has 0 aliphatic heterocycles. The molecule has 158 valence electrons. The zero-order valence-corrected chi connectivity index (χ0v) is 18.3. The number of aromatic nitrogens is 5. The molecule has 3 heterocycles. The van der Waals surface area contributed by atoms with Crippen molar-refractivity contribution in [2.75, 3.05) is 5.32 Å². The maximum absolute atomic E-state index is 4.80. The van der Waals surface area contributed by atoms with Gasteiger partial charge in [0.05, 0.1) is 23.0 Å². The second kappa shape index (κ2) is 8.29. The second-order valence-electron chi connectivity index (χ2n) is 7.46. The Morgan fingerprint density at radius 2 is 1.52 bits per heavy atom. The van der Waals surface area contributed by atoms with E-state index in [0.717, 1.165) is 50.1 Å². The molecule has 0 saturated carbocycles. The molecule has 33 heavy (non-hydrogen) atoms. The summed E-state index contributed by atoms with van der Waals surface area (Å²) in [7, 11) is 0. The fraction of sp³-hybridized carbons (Fsp3) is 0. The van der Waals surface area contributed by atoms with Crippen LogP contribution in [-0.2, 0) is 0 Å². The number of benzene rings is 3. The Hall–Kier alpha value is -4.36. The normalized spacial score (nSPS) is 11.0. The lowest BCUT2D eigenvalue weighted by Gasteiger charge is -2.08. The van der Waals surface area contributed by atoms with Gasteiger partial charge in [-0.05, 0) is 24.3 Å². The molecule has 0 fully saturated rings. The average Bonchev–Trinajstić information content (AvgIpc) is 3.54. The van der Waals surface area contributed by atoms with E-state index in [1.54, 1.807) is 23.9 Å². The summed E-state index contributed by atoms with van der Waals surface area (Å²) in [5.41, 5.74) is 5.83. The van der Waals surface area contributed by atoms with Crippen LogP contribution in [0.3, 0.4) is 0 Å². The van der Waals surface area contributed by atoms with Crippen LogP contribution in [0.1, 0.15) is 0 Å². The summed E-state index contributed by atoms with van der Waals surface area (Å²) in [6, 6.07) is 28.4. The number of nitrogens with zero attached hydrogens (tertiary/aromatic N) is 5. The zero-order valence-electron chi connectivity index (χ0n) is 17.5. The molecule has 0 radical (unpaired) electrons.